The number of hydrogen-bond acceptors (Lipinski definition) is 6. The summed E-state index contributed by atoms with van der Waals surface area (Å²) >= 11 is 0. The van der Waals surface area contributed by atoms with E-state index in [0.29, 0.717) is 16.9 Å². The van der Waals surface area contributed by atoms with E-state index in [2.05, 4.69) is 30.6 Å². The molecule has 1 amide bonds. The molecule has 0 saturated heterocycles. The Morgan fingerprint density at radius 3 is 2.72 bits per heavy atom. The van der Waals surface area contributed by atoms with Gasteiger partial charge in [-0.15, -0.1) is 0 Å². The third-order valence-electron chi connectivity index (χ3n) is 5.35. The average Bonchev–Trinajstić information content (AvgIpc) is 3.40. The zero-order chi connectivity index (χ0) is 33.7. The smallest absolute Gasteiger partial charge is 0.324 e. The lowest BCUT2D eigenvalue weighted by atomic mass is 10.1. The van der Waals surface area contributed by atoms with Crippen LogP contribution in [0.5, 0.6) is 0 Å². The molecule has 39 heavy (non-hydrogen) atoms. The molecule has 0 aliphatic carbocycles. The van der Waals surface area contributed by atoms with E-state index in [1.54, 1.807) is 13.8 Å². The first-order valence-corrected chi connectivity index (χ1v) is 11.3. The first-order chi connectivity index (χ1) is 21.6. The number of nitrogens with one attached hydrogen (secondary N) is 2. The summed E-state index contributed by atoms with van der Waals surface area (Å²) in [4.78, 5) is 29.4. The van der Waals surface area contributed by atoms with E-state index in [1.807, 2.05) is 0 Å². The molecule has 2 N–H and O–H groups in total. The molecule has 3 aromatic heterocycles. The number of anilines is 3. The highest BCUT2D eigenvalue weighted by Crippen LogP contribution is 2.33. The highest BCUT2D eigenvalue weighted by Gasteiger charge is 2.31. The predicted molar refractivity (Wildman–Crippen MR) is 141 cm³/mol. The molecule has 0 fully saturated rings. The zero-order valence-electron chi connectivity index (χ0n) is 27.3. The largest absolute Gasteiger partial charge is 0.416 e. The number of rotatable bonds is 6. The maximum absolute atomic E-state index is 14.0. The number of imidazole rings is 1. The van der Waals surface area contributed by atoms with Crippen molar-refractivity contribution in [1.82, 2.24) is 24.5 Å². The molecule has 0 bridgehead atoms. The summed E-state index contributed by atoms with van der Waals surface area (Å²) in [6.07, 6.45) is -2.31. The molecule has 0 saturated carbocycles. The second-order valence-corrected chi connectivity index (χ2v) is 8.23. The first kappa shape index (κ1) is 18.2. The lowest BCUT2D eigenvalue weighted by Crippen LogP contribution is -2.14. The maximum atomic E-state index is 14.0. The van der Waals surface area contributed by atoms with Crippen molar-refractivity contribution < 1.29 is 27.6 Å². The monoisotopic (exact) mass is 536 g/mol. The van der Waals surface area contributed by atoms with Crippen molar-refractivity contribution in [3.8, 4) is 16.9 Å². The Kier molecular flexibility index (Phi) is 4.85. The van der Waals surface area contributed by atoms with Crippen molar-refractivity contribution in [3.05, 3.63) is 108 Å². The normalized spacial score (nSPS) is 13.8. The summed E-state index contributed by atoms with van der Waals surface area (Å²) in [7, 11) is 0. The summed E-state index contributed by atoms with van der Waals surface area (Å²) in [6.45, 7) is 3.26. The van der Waals surface area contributed by atoms with Gasteiger partial charge in [-0.05, 0) is 67.8 Å². The van der Waals surface area contributed by atoms with Crippen molar-refractivity contribution in [2.24, 2.45) is 0 Å². The molecule has 0 atom stereocenters. The zero-order valence-corrected chi connectivity index (χ0v) is 20.3. The van der Waals surface area contributed by atoms with Crippen LogP contribution in [0.3, 0.4) is 0 Å². The second kappa shape index (κ2) is 10.4. The van der Waals surface area contributed by atoms with Crippen LogP contribution in [-0.4, -0.2) is 30.4 Å². The number of aryl methyl sites for hydroxylation is 2. The molecule has 11 heteroatoms. The molecule has 5 rings (SSSR count). The summed E-state index contributed by atoms with van der Waals surface area (Å²) in [5.74, 6) is -0.970. The van der Waals surface area contributed by atoms with Gasteiger partial charge < -0.3 is 15.2 Å². The van der Waals surface area contributed by atoms with Gasteiger partial charge >= 0.3 is 6.18 Å². The summed E-state index contributed by atoms with van der Waals surface area (Å²) < 4.78 is 99.7. The number of aromatic nitrogens is 5. The van der Waals surface area contributed by atoms with Gasteiger partial charge in [-0.1, -0.05) is 6.07 Å². The lowest BCUT2D eigenvalue weighted by Gasteiger charge is -2.14. The summed E-state index contributed by atoms with van der Waals surface area (Å²) in [5, 5.41) is 5.15. The molecule has 0 aliphatic rings. The molecular weight excluding hydrogens is 507 g/mol. The van der Waals surface area contributed by atoms with E-state index in [9.17, 15) is 18.0 Å². The number of carbonyl (C=O) groups is 1. The van der Waals surface area contributed by atoms with Crippen LogP contribution in [0.2, 0.25) is 0 Å². The van der Waals surface area contributed by atoms with E-state index in [4.69, 9.17) is 9.60 Å². The van der Waals surface area contributed by atoms with Gasteiger partial charge in [0.15, 0.2) is 0 Å². The number of hydrogen-bond donors (Lipinski definition) is 2. The SMILES string of the molecule is [2H]c1nc([2H])c(-c2ccnc(Nc3cc(C(=O)Nc4c([2H])c(-n5cnc(C)c5)c([2H])c(C(F)(F)F)c4[2H])ccc3C)n2)c([2H])c1[2H]. The minimum atomic E-state index is -5.13. The number of amides is 1. The Balaban J connectivity index is 1.50. The third kappa shape index (κ3) is 5.93. The Hall–Kier alpha value is -5.06. The van der Waals surface area contributed by atoms with E-state index in [1.165, 1.54) is 36.7 Å². The van der Waals surface area contributed by atoms with Crippen LogP contribution in [-0.2, 0) is 6.18 Å². The second-order valence-electron chi connectivity index (χ2n) is 8.23. The Morgan fingerprint density at radius 2 is 1.95 bits per heavy atom. The van der Waals surface area contributed by atoms with Gasteiger partial charge in [-0.3, -0.25) is 9.78 Å². The Morgan fingerprint density at radius 1 is 1.10 bits per heavy atom. The van der Waals surface area contributed by atoms with Crippen molar-refractivity contribution in [2.75, 3.05) is 10.6 Å². The van der Waals surface area contributed by atoms with Crippen LogP contribution in [0.1, 0.15) is 36.8 Å². The van der Waals surface area contributed by atoms with E-state index in [-0.39, 0.29) is 22.8 Å². The number of benzene rings is 2. The molecule has 2 aromatic carbocycles. The fourth-order valence-electron chi connectivity index (χ4n) is 3.45. The highest BCUT2D eigenvalue weighted by molar-refractivity contribution is 6.05. The third-order valence-corrected chi connectivity index (χ3v) is 5.35. The average molecular weight is 537 g/mol. The maximum Gasteiger partial charge on any atom is 0.416 e. The topological polar surface area (TPSA) is 97.6 Å². The Bertz CT molecular complexity index is 2040. The molecule has 0 spiro atoms. The highest BCUT2D eigenvalue weighted by atomic mass is 19.4. The fraction of sp³-hybridized carbons (Fsp3) is 0.107. The first-order valence-electron chi connectivity index (χ1n) is 14.8. The van der Waals surface area contributed by atoms with E-state index < -0.39 is 71.6 Å². The molecule has 5 aromatic rings. The van der Waals surface area contributed by atoms with Crippen LogP contribution < -0.4 is 10.6 Å². The standard InChI is InChI=1S/C28H22F3N7O/c1-17-5-6-19(10-25(17)37-27-33-9-7-24(36-27)20-4-3-8-32-14-20)26(39)35-22-11-21(28(29,30)31)12-23(13-22)38-15-18(2)34-16-38/h3-16H,1-2H3,(H,35,39)(H,33,36,37)/i3D,4D,8D,11D,12D,13D,14D. The van der Waals surface area contributed by atoms with Crippen LogP contribution in [0.4, 0.5) is 30.5 Å². The van der Waals surface area contributed by atoms with Crippen LogP contribution in [0, 0.1) is 13.8 Å². The summed E-state index contributed by atoms with van der Waals surface area (Å²) in [6, 6.07) is 1.74. The predicted octanol–water partition coefficient (Wildman–Crippen LogP) is 6.36. The number of carbonyl (C=O) groups excluding carboxylic acids is 1. The number of pyridine rings is 1. The van der Waals surface area contributed by atoms with Crippen molar-refractivity contribution in [3.63, 3.8) is 0 Å². The van der Waals surface area contributed by atoms with E-state index >= 15 is 0 Å². The van der Waals surface area contributed by atoms with Crippen molar-refractivity contribution >= 4 is 23.2 Å². The van der Waals surface area contributed by atoms with Crippen molar-refractivity contribution in [2.45, 2.75) is 20.0 Å². The Labute approximate surface area is 231 Å². The fourth-order valence-corrected chi connectivity index (χ4v) is 3.45. The van der Waals surface area contributed by atoms with Crippen LogP contribution >= 0.6 is 0 Å². The minimum Gasteiger partial charge on any atom is -0.324 e. The molecule has 0 aliphatic heterocycles. The molecule has 196 valence electrons. The lowest BCUT2D eigenvalue weighted by molar-refractivity contribution is -0.137. The number of alkyl halides is 3. The van der Waals surface area contributed by atoms with Gasteiger partial charge in [-0.2, -0.15) is 13.2 Å². The van der Waals surface area contributed by atoms with Gasteiger partial charge in [0.05, 0.1) is 32.9 Å². The molecule has 0 radical (unpaired) electrons. The van der Waals surface area contributed by atoms with Gasteiger partial charge in [0, 0.05) is 52.9 Å². The number of nitrogens with zero attached hydrogens (tertiary/aromatic N) is 5. The molecule has 8 nitrogen and oxygen atoms in total. The van der Waals surface area contributed by atoms with Gasteiger partial charge in [0.2, 0.25) is 5.95 Å². The van der Waals surface area contributed by atoms with Gasteiger partial charge in [0.1, 0.15) is 0 Å². The quantitative estimate of drug-likeness (QED) is 0.262. The van der Waals surface area contributed by atoms with Crippen LogP contribution in [0.25, 0.3) is 16.9 Å². The van der Waals surface area contributed by atoms with Crippen LogP contribution in [0.15, 0.2) is 85.5 Å². The minimum absolute atomic E-state index is 0.0264. The van der Waals surface area contributed by atoms with Gasteiger partial charge in [0.25, 0.3) is 5.91 Å². The van der Waals surface area contributed by atoms with Crippen molar-refractivity contribution in [1.29, 1.82) is 0 Å². The van der Waals surface area contributed by atoms with E-state index in [0.717, 1.165) is 10.9 Å². The molecule has 0 unspecified atom stereocenters. The van der Waals surface area contributed by atoms with Gasteiger partial charge in [-0.25, -0.2) is 15.0 Å². The number of halogens is 3. The molecule has 3 heterocycles. The summed E-state index contributed by atoms with van der Waals surface area (Å²) in [5.41, 5.74) is -1.66. The molecular formula is C28H22F3N7O.